The number of nitrogens with one attached hydrogen (secondary N) is 1. The summed E-state index contributed by atoms with van der Waals surface area (Å²) in [5.74, 6) is -0.653. The fourth-order valence-corrected chi connectivity index (χ4v) is 3.39. The van der Waals surface area contributed by atoms with Gasteiger partial charge in [0.05, 0.1) is 17.7 Å². The van der Waals surface area contributed by atoms with E-state index in [1.807, 2.05) is 0 Å². The first-order valence-electron chi connectivity index (χ1n) is 6.00. The Labute approximate surface area is 137 Å². The summed E-state index contributed by atoms with van der Waals surface area (Å²) in [6, 6.07) is 9.99. The fourth-order valence-electron chi connectivity index (χ4n) is 1.68. The molecule has 0 aliphatic rings. The van der Waals surface area contributed by atoms with Gasteiger partial charge in [0.15, 0.2) is 0 Å². The van der Waals surface area contributed by atoms with Gasteiger partial charge in [-0.15, -0.1) is 0 Å². The zero-order valence-corrected chi connectivity index (χ0v) is 13.7. The smallest absolute Gasteiger partial charge is 0.337 e. The number of sulfonamides is 1. The normalized spacial score (nSPS) is 11.0. The Kier molecular flexibility index (Phi) is 4.95. The lowest BCUT2D eigenvalue weighted by Crippen LogP contribution is -2.14. The van der Waals surface area contributed by atoms with Crippen LogP contribution in [0.1, 0.15) is 10.4 Å². The Balaban J connectivity index is 2.40. The Morgan fingerprint density at radius 2 is 1.73 bits per heavy atom. The first-order valence-corrected chi connectivity index (χ1v) is 8.23. The third-order valence-electron chi connectivity index (χ3n) is 2.74. The predicted molar refractivity (Wildman–Crippen MR) is 85.1 cm³/mol. The lowest BCUT2D eigenvalue weighted by molar-refractivity contribution is 0.0600. The molecule has 0 saturated heterocycles. The fraction of sp³-hybridized carbons (Fsp3) is 0.0714. The maximum Gasteiger partial charge on any atom is 0.337 e. The van der Waals surface area contributed by atoms with Crippen LogP contribution in [0.5, 0.6) is 0 Å². The monoisotopic (exact) mass is 359 g/mol. The summed E-state index contributed by atoms with van der Waals surface area (Å²) in [4.78, 5) is 11.3. The third kappa shape index (κ3) is 3.71. The lowest BCUT2D eigenvalue weighted by atomic mass is 10.2. The highest BCUT2D eigenvalue weighted by molar-refractivity contribution is 7.92. The summed E-state index contributed by atoms with van der Waals surface area (Å²) in [5.41, 5.74) is 0.410. The molecule has 2 aromatic rings. The zero-order valence-electron chi connectivity index (χ0n) is 11.3. The molecule has 0 bridgehead atoms. The third-order valence-corrected chi connectivity index (χ3v) is 4.85. The van der Waals surface area contributed by atoms with Gasteiger partial charge in [-0.3, -0.25) is 4.72 Å². The molecule has 0 amide bonds. The number of hydrogen-bond donors (Lipinski definition) is 1. The molecule has 0 saturated carbocycles. The molecule has 2 aromatic carbocycles. The maximum atomic E-state index is 12.4. The second-order valence-electron chi connectivity index (χ2n) is 4.25. The van der Waals surface area contributed by atoms with Gasteiger partial charge in [0.1, 0.15) is 4.90 Å². The number of halogens is 2. The topological polar surface area (TPSA) is 72.5 Å². The van der Waals surface area contributed by atoms with Crippen LogP contribution in [0.25, 0.3) is 0 Å². The molecular weight excluding hydrogens is 349 g/mol. The van der Waals surface area contributed by atoms with Gasteiger partial charge in [-0.2, -0.15) is 0 Å². The van der Waals surface area contributed by atoms with E-state index in [1.54, 1.807) is 12.1 Å². The second-order valence-corrected chi connectivity index (χ2v) is 6.74. The molecule has 0 heterocycles. The average Bonchev–Trinajstić information content (AvgIpc) is 2.49. The van der Waals surface area contributed by atoms with Gasteiger partial charge in [0.2, 0.25) is 0 Å². The summed E-state index contributed by atoms with van der Waals surface area (Å²) in [6.45, 7) is 0. The number of benzene rings is 2. The number of methoxy groups -OCH3 is 1. The van der Waals surface area contributed by atoms with Crippen LogP contribution in [-0.2, 0) is 14.8 Å². The van der Waals surface area contributed by atoms with Gasteiger partial charge in [0, 0.05) is 10.7 Å². The van der Waals surface area contributed by atoms with Crippen molar-refractivity contribution in [3.63, 3.8) is 0 Å². The summed E-state index contributed by atoms with van der Waals surface area (Å²) < 4.78 is 31.7. The number of anilines is 1. The van der Waals surface area contributed by atoms with Crippen LogP contribution in [0.2, 0.25) is 10.0 Å². The molecule has 5 nitrogen and oxygen atoms in total. The predicted octanol–water partition coefficient (Wildman–Crippen LogP) is 3.58. The van der Waals surface area contributed by atoms with Gasteiger partial charge in [0.25, 0.3) is 10.0 Å². The molecule has 0 radical (unpaired) electrons. The molecule has 8 heteroatoms. The number of esters is 1. The van der Waals surface area contributed by atoms with Crippen molar-refractivity contribution in [2.45, 2.75) is 4.90 Å². The number of rotatable bonds is 4. The quantitative estimate of drug-likeness (QED) is 0.846. The van der Waals surface area contributed by atoms with E-state index < -0.39 is 16.0 Å². The van der Waals surface area contributed by atoms with E-state index in [0.29, 0.717) is 10.7 Å². The van der Waals surface area contributed by atoms with Gasteiger partial charge in [-0.05, 0) is 42.5 Å². The summed E-state index contributed by atoms with van der Waals surface area (Å²) in [7, 11) is -2.75. The molecule has 0 unspecified atom stereocenters. The number of carbonyl (C=O) groups is 1. The molecule has 0 atom stereocenters. The zero-order chi connectivity index (χ0) is 16.3. The van der Waals surface area contributed by atoms with Gasteiger partial charge in [-0.1, -0.05) is 23.2 Å². The van der Waals surface area contributed by atoms with E-state index in [-0.39, 0.29) is 15.5 Å². The molecule has 0 fully saturated rings. The molecule has 0 aliphatic heterocycles. The van der Waals surface area contributed by atoms with Crippen molar-refractivity contribution in [3.05, 3.63) is 58.1 Å². The van der Waals surface area contributed by atoms with Crippen LogP contribution in [-0.4, -0.2) is 21.5 Å². The number of hydrogen-bond acceptors (Lipinski definition) is 4. The molecule has 0 aromatic heterocycles. The lowest BCUT2D eigenvalue weighted by Gasteiger charge is -2.10. The summed E-state index contributed by atoms with van der Waals surface area (Å²) >= 11 is 11.7. The molecule has 22 heavy (non-hydrogen) atoms. The molecule has 116 valence electrons. The van der Waals surface area contributed by atoms with Crippen LogP contribution in [0, 0.1) is 0 Å². The van der Waals surface area contributed by atoms with Crippen molar-refractivity contribution in [3.8, 4) is 0 Å². The Hall–Kier alpha value is -1.76. The summed E-state index contributed by atoms with van der Waals surface area (Å²) in [5, 5.41) is 0.475. The SMILES string of the molecule is COC(=O)c1ccc(Cl)c(S(=O)(=O)Nc2ccc(Cl)cc2)c1. The van der Waals surface area contributed by atoms with Gasteiger partial charge in [-0.25, -0.2) is 13.2 Å². The van der Waals surface area contributed by atoms with Crippen molar-refractivity contribution >= 4 is 44.9 Å². The van der Waals surface area contributed by atoms with E-state index in [9.17, 15) is 13.2 Å². The number of carbonyl (C=O) groups excluding carboxylic acids is 1. The largest absolute Gasteiger partial charge is 0.465 e. The highest BCUT2D eigenvalue weighted by atomic mass is 35.5. The highest BCUT2D eigenvalue weighted by Crippen LogP contribution is 2.25. The van der Waals surface area contributed by atoms with Crippen molar-refractivity contribution in [2.24, 2.45) is 0 Å². The second kappa shape index (κ2) is 6.56. The minimum absolute atomic E-state index is 0.00545. The van der Waals surface area contributed by atoms with Crippen LogP contribution in [0.4, 0.5) is 5.69 Å². The Morgan fingerprint density at radius 1 is 1.09 bits per heavy atom. The van der Waals surface area contributed by atoms with Crippen LogP contribution >= 0.6 is 23.2 Å². The van der Waals surface area contributed by atoms with Gasteiger partial charge >= 0.3 is 5.97 Å². The molecule has 0 spiro atoms. The standard InChI is InChI=1S/C14H11Cl2NO4S/c1-21-14(18)9-2-7-12(16)13(8-9)22(19,20)17-11-5-3-10(15)4-6-11/h2-8,17H,1H3. The van der Waals surface area contributed by atoms with Crippen LogP contribution in [0.15, 0.2) is 47.4 Å². The number of ether oxygens (including phenoxy) is 1. The van der Waals surface area contributed by atoms with E-state index in [0.717, 1.165) is 6.07 Å². The Bertz CT molecular complexity index is 804. The van der Waals surface area contributed by atoms with Crippen molar-refractivity contribution in [1.29, 1.82) is 0 Å². The first kappa shape index (κ1) is 16.6. The Morgan fingerprint density at radius 3 is 2.32 bits per heavy atom. The minimum atomic E-state index is -3.95. The molecule has 1 N–H and O–H groups in total. The molecular formula is C14H11Cl2NO4S. The molecule has 2 rings (SSSR count). The maximum absolute atomic E-state index is 12.4. The average molecular weight is 360 g/mol. The van der Waals surface area contributed by atoms with Gasteiger partial charge < -0.3 is 4.74 Å². The van der Waals surface area contributed by atoms with Crippen molar-refractivity contribution in [1.82, 2.24) is 0 Å². The van der Waals surface area contributed by atoms with Crippen LogP contribution < -0.4 is 4.72 Å². The first-order chi connectivity index (χ1) is 10.3. The van der Waals surface area contributed by atoms with E-state index in [1.165, 1.54) is 31.4 Å². The van der Waals surface area contributed by atoms with Crippen molar-refractivity contribution in [2.75, 3.05) is 11.8 Å². The minimum Gasteiger partial charge on any atom is -0.465 e. The van der Waals surface area contributed by atoms with Crippen molar-refractivity contribution < 1.29 is 17.9 Å². The van der Waals surface area contributed by atoms with E-state index in [4.69, 9.17) is 23.2 Å². The summed E-state index contributed by atoms with van der Waals surface area (Å²) in [6.07, 6.45) is 0. The van der Waals surface area contributed by atoms with E-state index in [2.05, 4.69) is 9.46 Å². The van der Waals surface area contributed by atoms with E-state index >= 15 is 0 Å². The molecule has 0 aliphatic carbocycles. The highest BCUT2D eigenvalue weighted by Gasteiger charge is 2.20. The van der Waals surface area contributed by atoms with Crippen LogP contribution in [0.3, 0.4) is 0 Å².